The number of hydrogen-bond donors (Lipinski definition) is 1. The third-order valence-electron chi connectivity index (χ3n) is 3.85. The third-order valence-corrected chi connectivity index (χ3v) is 5.22. The van der Waals surface area contributed by atoms with Crippen molar-refractivity contribution in [2.24, 2.45) is 0 Å². The molecule has 1 saturated heterocycles. The fourth-order valence-corrected chi connectivity index (χ4v) is 3.86. The summed E-state index contributed by atoms with van der Waals surface area (Å²) in [5, 5.41) is 9.61. The number of carbonyl (C=O) groups is 2. The molecule has 2 aromatic rings. The highest BCUT2D eigenvalue weighted by atomic mass is 32.2. The molecule has 1 aromatic heterocycles. The van der Waals surface area contributed by atoms with Crippen molar-refractivity contribution in [2.45, 2.75) is 6.54 Å². The zero-order valence-electron chi connectivity index (χ0n) is 14.4. The number of hydrogen-bond acceptors (Lipinski definition) is 7. The van der Waals surface area contributed by atoms with E-state index in [2.05, 4.69) is 0 Å². The molecular weight excluding hydrogens is 390 g/mol. The minimum atomic E-state index is -1.19. The molecule has 3 rings (SSSR count). The summed E-state index contributed by atoms with van der Waals surface area (Å²) < 4.78 is 16.0. The van der Waals surface area contributed by atoms with Crippen molar-refractivity contribution < 1.29 is 28.6 Å². The second-order valence-electron chi connectivity index (χ2n) is 5.42. The van der Waals surface area contributed by atoms with Gasteiger partial charge in [-0.15, -0.1) is 0 Å². The Kier molecular flexibility index (Phi) is 5.52. The van der Waals surface area contributed by atoms with Crippen LogP contribution in [0.5, 0.6) is 11.5 Å². The zero-order valence-corrected chi connectivity index (χ0v) is 16.1. The molecule has 140 valence electrons. The normalized spacial score (nSPS) is 15.5. The van der Waals surface area contributed by atoms with Gasteiger partial charge >= 0.3 is 5.97 Å². The van der Waals surface area contributed by atoms with Crippen molar-refractivity contribution in [3.05, 3.63) is 52.3 Å². The topological polar surface area (TPSA) is 89.2 Å². The van der Waals surface area contributed by atoms with Gasteiger partial charge in [0.1, 0.15) is 15.6 Å². The van der Waals surface area contributed by atoms with Gasteiger partial charge in [0.05, 0.1) is 31.9 Å². The second-order valence-corrected chi connectivity index (χ2v) is 7.09. The number of amides is 1. The predicted octanol–water partition coefficient (Wildman–Crippen LogP) is 3.40. The van der Waals surface area contributed by atoms with E-state index in [4.69, 9.17) is 26.1 Å². The van der Waals surface area contributed by atoms with E-state index in [1.807, 2.05) is 0 Å². The summed E-state index contributed by atoms with van der Waals surface area (Å²) in [6.07, 6.45) is 3.01. The largest absolute Gasteiger partial charge is 0.493 e. The third kappa shape index (κ3) is 3.69. The lowest BCUT2D eigenvalue weighted by Crippen LogP contribution is -2.27. The number of nitrogens with zero attached hydrogens (tertiary/aromatic N) is 1. The van der Waals surface area contributed by atoms with Gasteiger partial charge < -0.3 is 19.0 Å². The Bertz CT molecular complexity index is 936. The Hall–Kier alpha value is -2.78. The Morgan fingerprint density at radius 2 is 2.11 bits per heavy atom. The maximum absolute atomic E-state index is 12.7. The molecule has 1 aliphatic heterocycles. The lowest BCUT2D eigenvalue weighted by molar-refractivity contribution is -0.122. The lowest BCUT2D eigenvalue weighted by Gasteiger charge is -2.13. The van der Waals surface area contributed by atoms with E-state index < -0.39 is 5.97 Å². The van der Waals surface area contributed by atoms with Gasteiger partial charge in [0.25, 0.3) is 5.91 Å². The van der Waals surface area contributed by atoms with Crippen molar-refractivity contribution >= 4 is 46.3 Å². The number of furan rings is 1. The second kappa shape index (κ2) is 7.85. The van der Waals surface area contributed by atoms with E-state index in [1.165, 1.54) is 31.5 Å². The van der Waals surface area contributed by atoms with Crippen LogP contribution in [0.15, 0.2) is 39.9 Å². The Labute approximate surface area is 164 Å². The highest BCUT2D eigenvalue weighted by Crippen LogP contribution is 2.38. The first-order valence-electron chi connectivity index (χ1n) is 7.72. The van der Waals surface area contributed by atoms with Crippen LogP contribution in [0.25, 0.3) is 6.08 Å². The number of rotatable bonds is 6. The van der Waals surface area contributed by atoms with E-state index >= 15 is 0 Å². The zero-order chi connectivity index (χ0) is 19.6. The average Bonchev–Trinajstić information content (AvgIpc) is 3.25. The number of carbonyl (C=O) groups excluding carboxylic acids is 1. The summed E-state index contributed by atoms with van der Waals surface area (Å²) in [4.78, 5) is 26.2. The molecule has 0 atom stereocenters. The number of carboxylic acid groups (broad SMARTS) is 1. The number of thiocarbonyl (C=S) groups is 1. The van der Waals surface area contributed by atoms with Gasteiger partial charge in [0.2, 0.25) is 0 Å². The van der Waals surface area contributed by atoms with Crippen LogP contribution in [0, 0.1) is 0 Å². The van der Waals surface area contributed by atoms with Gasteiger partial charge in [-0.25, -0.2) is 4.79 Å². The van der Waals surface area contributed by atoms with Gasteiger partial charge in [-0.2, -0.15) is 0 Å². The van der Waals surface area contributed by atoms with E-state index in [1.54, 1.807) is 24.3 Å². The summed E-state index contributed by atoms with van der Waals surface area (Å²) in [6, 6.07) is 6.62. The summed E-state index contributed by atoms with van der Waals surface area (Å²) in [5.74, 6) is -0.525. The van der Waals surface area contributed by atoms with Gasteiger partial charge in [0.15, 0.2) is 11.5 Å². The number of ether oxygens (including phenoxy) is 2. The molecule has 1 fully saturated rings. The van der Waals surface area contributed by atoms with Gasteiger partial charge in [-0.05, 0) is 29.8 Å². The van der Waals surface area contributed by atoms with Gasteiger partial charge in [0, 0.05) is 0 Å². The van der Waals surface area contributed by atoms with Crippen molar-refractivity contribution in [1.29, 1.82) is 0 Å². The predicted molar refractivity (Wildman–Crippen MR) is 104 cm³/mol. The quantitative estimate of drug-likeness (QED) is 0.578. The molecule has 1 aromatic carbocycles. The Balaban J connectivity index is 1.98. The minimum absolute atomic E-state index is 0.0878. The van der Waals surface area contributed by atoms with Gasteiger partial charge in [-0.3, -0.25) is 9.69 Å². The Morgan fingerprint density at radius 3 is 2.70 bits per heavy atom. The van der Waals surface area contributed by atoms with Crippen molar-refractivity contribution in [3.8, 4) is 11.5 Å². The van der Waals surface area contributed by atoms with Crippen LogP contribution >= 0.6 is 24.0 Å². The van der Waals surface area contributed by atoms with Crippen LogP contribution in [0.3, 0.4) is 0 Å². The van der Waals surface area contributed by atoms with Crippen LogP contribution in [0.4, 0.5) is 0 Å². The molecule has 9 heteroatoms. The number of benzene rings is 1. The van der Waals surface area contributed by atoms with Crippen LogP contribution in [0.2, 0.25) is 0 Å². The van der Waals surface area contributed by atoms with Crippen molar-refractivity contribution in [3.63, 3.8) is 0 Å². The Morgan fingerprint density at radius 1 is 1.33 bits per heavy atom. The molecule has 0 radical (unpaired) electrons. The molecule has 1 aliphatic rings. The molecular formula is C18H15NO6S2. The summed E-state index contributed by atoms with van der Waals surface area (Å²) in [5.41, 5.74) is 0.229. The lowest BCUT2D eigenvalue weighted by atomic mass is 10.0. The molecule has 0 saturated carbocycles. The molecule has 1 N–H and O–H groups in total. The fourth-order valence-electron chi connectivity index (χ4n) is 2.62. The molecule has 0 spiro atoms. The van der Waals surface area contributed by atoms with Crippen molar-refractivity contribution in [2.75, 3.05) is 14.2 Å². The highest BCUT2D eigenvalue weighted by molar-refractivity contribution is 8.26. The molecule has 0 bridgehead atoms. The molecule has 0 unspecified atom stereocenters. The highest BCUT2D eigenvalue weighted by Gasteiger charge is 2.33. The SMILES string of the molecule is COc1ccc(/C=C2/SC(=S)N(Cc3ccco3)C2=O)c(C(=O)O)c1OC. The monoisotopic (exact) mass is 405 g/mol. The van der Waals surface area contributed by atoms with Crippen molar-refractivity contribution in [1.82, 2.24) is 4.90 Å². The number of methoxy groups -OCH3 is 2. The molecule has 0 aliphatic carbocycles. The molecule has 2 heterocycles. The van der Waals surface area contributed by atoms with E-state index in [9.17, 15) is 14.7 Å². The number of carboxylic acids is 1. The number of thioether (sulfide) groups is 1. The molecule has 1 amide bonds. The fraction of sp³-hybridized carbons (Fsp3) is 0.167. The first-order chi connectivity index (χ1) is 13.0. The maximum atomic E-state index is 12.7. The van der Waals surface area contributed by atoms with Crippen LogP contribution in [-0.4, -0.2) is 40.4 Å². The maximum Gasteiger partial charge on any atom is 0.340 e. The van der Waals surface area contributed by atoms with Crippen LogP contribution < -0.4 is 9.47 Å². The first kappa shape index (κ1) is 19.0. The van der Waals surface area contributed by atoms with Crippen LogP contribution in [0.1, 0.15) is 21.7 Å². The standard InChI is InChI=1S/C18H15NO6S2/c1-23-12-6-5-10(14(17(21)22)15(12)24-2)8-13-16(20)19(18(26)27-13)9-11-4-3-7-25-11/h3-8H,9H2,1-2H3,(H,21,22)/b13-8+. The van der Waals surface area contributed by atoms with E-state index in [0.29, 0.717) is 20.5 Å². The van der Waals surface area contributed by atoms with E-state index in [-0.39, 0.29) is 29.5 Å². The van der Waals surface area contributed by atoms with Crippen LogP contribution in [-0.2, 0) is 11.3 Å². The first-order valence-corrected chi connectivity index (χ1v) is 8.94. The summed E-state index contributed by atoms with van der Waals surface area (Å²) in [6.45, 7) is 0.215. The van der Waals surface area contributed by atoms with E-state index in [0.717, 1.165) is 11.8 Å². The molecule has 7 nitrogen and oxygen atoms in total. The number of aromatic carboxylic acids is 1. The summed E-state index contributed by atoms with van der Waals surface area (Å²) in [7, 11) is 2.78. The smallest absolute Gasteiger partial charge is 0.340 e. The average molecular weight is 405 g/mol. The molecule has 27 heavy (non-hydrogen) atoms. The van der Waals surface area contributed by atoms with Gasteiger partial charge in [-0.1, -0.05) is 30.0 Å². The minimum Gasteiger partial charge on any atom is -0.493 e. The summed E-state index contributed by atoms with van der Waals surface area (Å²) >= 11 is 6.39.